The Morgan fingerprint density at radius 3 is 2.18 bits per heavy atom. The predicted molar refractivity (Wildman–Crippen MR) is 139 cm³/mol. The van der Waals surface area contributed by atoms with Crippen molar-refractivity contribution in [1.82, 2.24) is 5.32 Å². The van der Waals surface area contributed by atoms with Crippen molar-refractivity contribution < 1.29 is 19.2 Å². The van der Waals surface area contributed by atoms with Crippen LogP contribution < -0.4 is 5.32 Å². The molecule has 1 unspecified atom stereocenters. The van der Waals surface area contributed by atoms with Gasteiger partial charge in [0.15, 0.2) is 0 Å². The Labute approximate surface area is 206 Å². The van der Waals surface area contributed by atoms with Crippen LogP contribution in [0, 0.1) is 10.1 Å². The molecule has 0 aromatic heterocycles. The third-order valence-electron chi connectivity index (χ3n) is 5.09. The van der Waals surface area contributed by atoms with Gasteiger partial charge in [-0.25, -0.2) is 4.79 Å². The fourth-order valence-electron chi connectivity index (χ4n) is 3.01. The Bertz CT molecular complexity index is 916. The minimum absolute atomic E-state index is 0.104. The summed E-state index contributed by atoms with van der Waals surface area (Å²) in [5.74, 6) is 0.0655. The van der Waals surface area contributed by atoms with E-state index < -0.39 is 22.8 Å². The zero-order valence-corrected chi connectivity index (χ0v) is 21.6. The van der Waals surface area contributed by atoms with Gasteiger partial charge in [-0.05, 0) is 65.5 Å². The number of nitro benzene ring substituents is 1. The van der Waals surface area contributed by atoms with Crippen LogP contribution in [0.15, 0.2) is 59.2 Å². The lowest BCUT2D eigenvalue weighted by Crippen LogP contribution is -2.43. The molecular weight excluding hydrogens is 452 g/mol. The van der Waals surface area contributed by atoms with Crippen LogP contribution in [0.1, 0.15) is 63.7 Å². The van der Waals surface area contributed by atoms with E-state index in [-0.39, 0.29) is 11.3 Å². The molecule has 0 spiro atoms. The van der Waals surface area contributed by atoms with Crippen LogP contribution in [-0.2, 0) is 9.53 Å². The first-order valence-corrected chi connectivity index (χ1v) is 12.4. The summed E-state index contributed by atoms with van der Waals surface area (Å²) in [5, 5.41) is 13.4. The lowest BCUT2D eigenvalue weighted by atomic mass is 10.1. The van der Waals surface area contributed by atoms with Crippen LogP contribution in [0.3, 0.4) is 0 Å². The van der Waals surface area contributed by atoms with Crippen molar-refractivity contribution in [2.75, 3.05) is 18.6 Å². The highest BCUT2D eigenvalue weighted by Crippen LogP contribution is 2.15. The van der Waals surface area contributed by atoms with E-state index in [1.165, 1.54) is 59.9 Å². The molecule has 34 heavy (non-hydrogen) atoms. The second kappa shape index (κ2) is 15.9. The van der Waals surface area contributed by atoms with Gasteiger partial charge in [-0.1, -0.05) is 34.9 Å². The van der Waals surface area contributed by atoms with Crippen LogP contribution in [0.25, 0.3) is 0 Å². The number of non-ortho nitro benzene ring substituents is 1. The van der Waals surface area contributed by atoms with Gasteiger partial charge in [0.25, 0.3) is 11.6 Å². The van der Waals surface area contributed by atoms with Gasteiger partial charge in [0.05, 0.1) is 12.0 Å². The second-order valence-electron chi connectivity index (χ2n) is 8.35. The molecule has 0 aliphatic carbocycles. The second-order valence-corrected chi connectivity index (χ2v) is 9.43. The number of esters is 1. The number of ether oxygens (including phenoxy) is 1. The van der Waals surface area contributed by atoms with Crippen molar-refractivity contribution in [2.24, 2.45) is 0 Å². The van der Waals surface area contributed by atoms with E-state index in [1.54, 1.807) is 0 Å². The molecule has 1 N–H and O–H groups in total. The van der Waals surface area contributed by atoms with E-state index in [0.717, 1.165) is 31.4 Å². The lowest BCUT2D eigenvalue weighted by Gasteiger charge is -2.16. The molecule has 186 valence electrons. The maximum atomic E-state index is 12.5. The molecule has 0 heterocycles. The van der Waals surface area contributed by atoms with E-state index in [1.807, 2.05) is 0 Å². The largest absolute Gasteiger partial charge is 0.467 e. The van der Waals surface area contributed by atoms with Gasteiger partial charge < -0.3 is 10.1 Å². The highest BCUT2D eigenvalue weighted by Gasteiger charge is 2.22. The fraction of sp³-hybridized carbons (Fsp3) is 0.462. The molecule has 1 aromatic carbocycles. The number of thioether (sulfide) groups is 1. The first-order chi connectivity index (χ1) is 16.1. The van der Waals surface area contributed by atoms with Crippen molar-refractivity contribution in [3.8, 4) is 0 Å². The van der Waals surface area contributed by atoms with Crippen molar-refractivity contribution in [2.45, 2.75) is 59.4 Å². The predicted octanol–water partition coefficient (Wildman–Crippen LogP) is 6.02. The fourth-order valence-corrected chi connectivity index (χ4v) is 4.01. The number of nitro groups is 1. The number of carbonyl (C=O) groups excluding carboxylic acids is 2. The number of hydrogen-bond donors (Lipinski definition) is 1. The smallest absolute Gasteiger partial charge is 0.329 e. The van der Waals surface area contributed by atoms with E-state index >= 15 is 0 Å². The topological polar surface area (TPSA) is 98.5 Å². The summed E-state index contributed by atoms with van der Waals surface area (Å²) in [5.41, 5.74) is 4.18. The van der Waals surface area contributed by atoms with Crippen molar-refractivity contribution >= 4 is 29.3 Å². The monoisotopic (exact) mass is 488 g/mol. The number of hydrogen-bond acceptors (Lipinski definition) is 6. The summed E-state index contributed by atoms with van der Waals surface area (Å²) in [6.45, 7) is 8.50. The van der Waals surface area contributed by atoms with Crippen molar-refractivity contribution in [1.29, 1.82) is 0 Å². The molecule has 0 radical (unpaired) electrons. The average Bonchev–Trinajstić information content (AvgIpc) is 2.80. The Hall–Kier alpha value is -2.87. The molecule has 0 saturated carbocycles. The minimum atomic E-state index is -0.808. The third kappa shape index (κ3) is 11.8. The van der Waals surface area contributed by atoms with Crippen LogP contribution in [0.4, 0.5) is 5.69 Å². The maximum Gasteiger partial charge on any atom is 0.329 e. The van der Waals surface area contributed by atoms with E-state index in [2.05, 4.69) is 51.2 Å². The molecule has 0 bridgehead atoms. The summed E-state index contributed by atoms with van der Waals surface area (Å²) in [4.78, 5) is 34.8. The third-order valence-corrected chi connectivity index (χ3v) is 6.06. The number of amides is 1. The van der Waals surface area contributed by atoms with E-state index in [4.69, 9.17) is 4.74 Å². The lowest BCUT2D eigenvalue weighted by molar-refractivity contribution is -0.384. The van der Waals surface area contributed by atoms with Gasteiger partial charge in [0.2, 0.25) is 0 Å². The Balaban J connectivity index is 2.50. The van der Waals surface area contributed by atoms with Crippen molar-refractivity contribution in [3.63, 3.8) is 0 Å². The zero-order valence-electron chi connectivity index (χ0n) is 20.8. The Morgan fingerprint density at radius 1 is 1.03 bits per heavy atom. The van der Waals surface area contributed by atoms with Crippen LogP contribution in [0.5, 0.6) is 0 Å². The molecule has 1 rings (SSSR count). The number of nitrogens with zero attached hydrogens (tertiary/aromatic N) is 1. The van der Waals surface area contributed by atoms with Crippen LogP contribution in [0.2, 0.25) is 0 Å². The van der Waals surface area contributed by atoms with Gasteiger partial charge >= 0.3 is 5.97 Å². The molecule has 8 heteroatoms. The number of rotatable bonds is 14. The Morgan fingerprint density at radius 2 is 1.62 bits per heavy atom. The summed E-state index contributed by atoms with van der Waals surface area (Å²) >= 11 is 1.53. The Kier molecular flexibility index (Phi) is 13.6. The van der Waals surface area contributed by atoms with Gasteiger partial charge in [0.1, 0.15) is 6.04 Å². The average molecular weight is 489 g/mol. The molecule has 0 aliphatic heterocycles. The van der Waals surface area contributed by atoms with Gasteiger partial charge in [-0.15, -0.1) is 0 Å². The number of methoxy groups -OCH3 is 1. The van der Waals surface area contributed by atoms with E-state index in [9.17, 15) is 19.7 Å². The molecule has 0 saturated heterocycles. The number of allylic oxidation sites excluding steroid dienone is 5. The highest BCUT2D eigenvalue weighted by molar-refractivity contribution is 7.99. The minimum Gasteiger partial charge on any atom is -0.467 e. The maximum absolute atomic E-state index is 12.5. The summed E-state index contributed by atoms with van der Waals surface area (Å²) in [6.07, 6.45) is 10.9. The quantitative estimate of drug-likeness (QED) is 0.113. The molecule has 1 aromatic rings. The number of carbonyl (C=O) groups is 2. The number of nitrogens with one attached hydrogen (secondary N) is 1. The standard InChI is InChI=1S/C26H36N2O5S/c1-19(2)8-6-9-20(3)10-7-11-21(4)16-17-34-18-24(26(30)33-5)27-25(29)22-12-14-23(15-13-22)28(31)32/h8,10,12-16,24H,6-7,9,11,17-18H2,1-5H3,(H,27,29). The van der Waals surface area contributed by atoms with E-state index in [0.29, 0.717) is 5.75 Å². The van der Waals surface area contributed by atoms with Crippen LogP contribution >= 0.6 is 11.8 Å². The molecule has 1 atom stereocenters. The van der Waals surface area contributed by atoms with Gasteiger partial charge in [-0.2, -0.15) is 11.8 Å². The normalized spacial score (nSPS) is 12.6. The molecular formula is C26H36N2O5S. The molecule has 1 amide bonds. The van der Waals surface area contributed by atoms with Gasteiger partial charge in [-0.3, -0.25) is 14.9 Å². The number of benzene rings is 1. The molecule has 0 fully saturated rings. The summed E-state index contributed by atoms with van der Waals surface area (Å²) < 4.78 is 4.81. The molecule has 0 aliphatic rings. The molecule has 7 nitrogen and oxygen atoms in total. The summed E-state index contributed by atoms with van der Waals surface area (Å²) in [7, 11) is 1.28. The van der Waals surface area contributed by atoms with Crippen LogP contribution in [-0.4, -0.2) is 41.5 Å². The SMILES string of the molecule is COC(=O)C(CSCC=C(C)CCC=C(C)CCC=C(C)C)NC(=O)c1ccc([N+](=O)[O-])cc1. The zero-order chi connectivity index (χ0) is 25.5. The van der Waals surface area contributed by atoms with Gasteiger partial charge in [0, 0.05) is 29.2 Å². The first kappa shape index (κ1) is 29.2. The summed E-state index contributed by atoms with van der Waals surface area (Å²) in [6, 6.07) is 4.42. The first-order valence-electron chi connectivity index (χ1n) is 11.3. The highest BCUT2D eigenvalue weighted by atomic mass is 32.2. The van der Waals surface area contributed by atoms with Crippen molar-refractivity contribution in [3.05, 3.63) is 74.9 Å².